The molecule has 212 valence electrons. The standard InChI is InChI=1S/C32H37NO7/c1-6-8-9-22-11-12-24-28(20-10-13-25-26(16-20)40-17-39-25)29(32(36)37)27(30(24)33-22)19(4)21(14-18(3)31(34)35)15-23(7-2)38-5/h7,10-13,15-16,18,27-29H,4,6,8-9,14,17H2,1-3,5H3,(H,34,35)(H,36,37)/b21-15-,23-7+/t18?,27-,28-,29-/m0/s1. The number of unbranched alkanes of at least 4 members (excludes halogenated alkanes) is 1. The number of rotatable bonds is 12. The fraction of sp³-hybridized carbons (Fsp3) is 0.406. The topological polar surface area (TPSA) is 115 Å². The minimum absolute atomic E-state index is 0.118. The number of hydrogen-bond donors (Lipinski definition) is 2. The van der Waals surface area contributed by atoms with Gasteiger partial charge in [-0.25, -0.2) is 0 Å². The van der Waals surface area contributed by atoms with Crippen molar-refractivity contribution in [3.63, 3.8) is 0 Å². The van der Waals surface area contributed by atoms with Gasteiger partial charge in [0, 0.05) is 17.5 Å². The van der Waals surface area contributed by atoms with Gasteiger partial charge in [-0.3, -0.25) is 14.6 Å². The summed E-state index contributed by atoms with van der Waals surface area (Å²) in [5.74, 6) is -3.02. The molecule has 40 heavy (non-hydrogen) atoms. The Morgan fingerprint density at radius 3 is 2.60 bits per heavy atom. The van der Waals surface area contributed by atoms with Crippen LogP contribution in [-0.4, -0.2) is 41.0 Å². The van der Waals surface area contributed by atoms with E-state index in [2.05, 4.69) is 13.5 Å². The van der Waals surface area contributed by atoms with Crippen molar-refractivity contribution < 1.29 is 34.0 Å². The molecular formula is C32H37NO7. The zero-order valence-corrected chi connectivity index (χ0v) is 23.5. The van der Waals surface area contributed by atoms with Crippen molar-refractivity contribution in [1.82, 2.24) is 4.98 Å². The van der Waals surface area contributed by atoms with Crippen LogP contribution in [0, 0.1) is 11.8 Å². The van der Waals surface area contributed by atoms with Gasteiger partial charge in [0.2, 0.25) is 6.79 Å². The molecule has 2 heterocycles. The van der Waals surface area contributed by atoms with E-state index in [0.29, 0.717) is 34.1 Å². The third kappa shape index (κ3) is 5.76. The van der Waals surface area contributed by atoms with Crippen LogP contribution in [0.2, 0.25) is 0 Å². The van der Waals surface area contributed by atoms with Gasteiger partial charge in [0.1, 0.15) is 5.76 Å². The van der Waals surface area contributed by atoms with E-state index in [9.17, 15) is 19.8 Å². The summed E-state index contributed by atoms with van der Waals surface area (Å²) in [6, 6.07) is 9.49. The number of methoxy groups -OCH3 is 1. The van der Waals surface area contributed by atoms with Crippen LogP contribution in [0.4, 0.5) is 0 Å². The van der Waals surface area contributed by atoms with Crippen molar-refractivity contribution in [3.05, 3.63) is 88.5 Å². The van der Waals surface area contributed by atoms with Crippen molar-refractivity contribution in [2.75, 3.05) is 13.9 Å². The first-order chi connectivity index (χ1) is 19.2. The lowest BCUT2D eigenvalue weighted by Crippen LogP contribution is -2.25. The Hall–Kier alpha value is -4.07. The van der Waals surface area contributed by atoms with E-state index in [-0.39, 0.29) is 13.2 Å². The zero-order chi connectivity index (χ0) is 29.0. The summed E-state index contributed by atoms with van der Waals surface area (Å²) in [4.78, 5) is 29.9. The van der Waals surface area contributed by atoms with Crippen molar-refractivity contribution in [3.8, 4) is 11.5 Å². The largest absolute Gasteiger partial charge is 0.497 e. The highest BCUT2D eigenvalue weighted by atomic mass is 16.7. The van der Waals surface area contributed by atoms with Crippen LogP contribution in [0.1, 0.15) is 74.4 Å². The van der Waals surface area contributed by atoms with E-state index in [1.54, 1.807) is 25.1 Å². The second-order valence-corrected chi connectivity index (χ2v) is 10.3. The Kier molecular flexibility index (Phi) is 8.97. The van der Waals surface area contributed by atoms with Gasteiger partial charge in [-0.05, 0) is 78.8 Å². The summed E-state index contributed by atoms with van der Waals surface area (Å²) in [6.45, 7) is 10.1. The smallest absolute Gasteiger partial charge is 0.308 e. The average Bonchev–Trinajstić information content (AvgIpc) is 3.55. The quantitative estimate of drug-likeness (QED) is 0.237. The van der Waals surface area contributed by atoms with Gasteiger partial charge in [-0.1, -0.05) is 39.0 Å². The Morgan fingerprint density at radius 1 is 1.20 bits per heavy atom. The number of benzene rings is 1. The molecule has 0 saturated carbocycles. The third-order valence-electron chi connectivity index (χ3n) is 7.76. The molecule has 1 aliphatic heterocycles. The number of carbonyl (C=O) groups is 2. The molecule has 4 rings (SSSR count). The SMILES string of the molecule is C=C(/C(=C\C(=C/C)OC)CC(C)C(=O)O)[C@@H]1c2nc(CCCC)ccc2[C@H](c2ccc3c(c2)OCO3)[C@H]1C(=O)O. The van der Waals surface area contributed by atoms with Gasteiger partial charge in [-0.15, -0.1) is 0 Å². The molecule has 1 aliphatic carbocycles. The summed E-state index contributed by atoms with van der Waals surface area (Å²) in [6.07, 6.45) is 6.44. The summed E-state index contributed by atoms with van der Waals surface area (Å²) in [5, 5.41) is 20.4. The lowest BCUT2D eigenvalue weighted by molar-refractivity contribution is -0.143. The molecule has 0 fully saturated rings. The van der Waals surface area contributed by atoms with Gasteiger partial charge in [0.25, 0.3) is 0 Å². The van der Waals surface area contributed by atoms with Crippen molar-refractivity contribution >= 4 is 11.9 Å². The maximum Gasteiger partial charge on any atom is 0.308 e. The first-order valence-corrected chi connectivity index (χ1v) is 13.6. The highest BCUT2D eigenvalue weighted by Crippen LogP contribution is 2.54. The van der Waals surface area contributed by atoms with Gasteiger partial charge >= 0.3 is 11.9 Å². The Bertz CT molecular complexity index is 1360. The van der Waals surface area contributed by atoms with Gasteiger partial charge in [0.15, 0.2) is 11.5 Å². The maximum absolute atomic E-state index is 13.1. The first-order valence-electron chi connectivity index (χ1n) is 13.6. The fourth-order valence-corrected chi connectivity index (χ4v) is 5.58. The van der Waals surface area contributed by atoms with Crippen molar-refractivity contribution in [2.45, 2.75) is 58.3 Å². The molecule has 8 heteroatoms. The first kappa shape index (κ1) is 28.9. The zero-order valence-electron chi connectivity index (χ0n) is 23.5. The van der Waals surface area contributed by atoms with E-state index in [1.807, 2.05) is 31.2 Å². The number of aromatic nitrogens is 1. The fourth-order valence-electron chi connectivity index (χ4n) is 5.58. The van der Waals surface area contributed by atoms with Gasteiger partial charge < -0.3 is 24.4 Å². The third-order valence-corrected chi connectivity index (χ3v) is 7.76. The lowest BCUT2D eigenvalue weighted by Gasteiger charge is -2.26. The van der Waals surface area contributed by atoms with Crippen molar-refractivity contribution in [2.24, 2.45) is 11.8 Å². The van der Waals surface area contributed by atoms with Gasteiger partial charge in [-0.2, -0.15) is 0 Å². The summed E-state index contributed by atoms with van der Waals surface area (Å²) in [7, 11) is 1.54. The monoisotopic (exact) mass is 547 g/mol. The lowest BCUT2D eigenvalue weighted by atomic mass is 9.77. The van der Waals surface area contributed by atoms with Crippen LogP contribution < -0.4 is 9.47 Å². The normalized spacial score (nSPS) is 20.6. The predicted octanol–water partition coefficient (Wildman–Crippen LogP) is 6.23. The van der Waals surface area contributed by atoms with Crippen LogP contribution in [0.15, 0.2) is 66.0 Å². The molecule has 1 unspecified atom stereocenters. The molecular weight excluding hydrogens is 510 g/mol. The van der Waals surface area contributed by atoms with E-state index in [1.165, 1.54) is 7.11 Å². The summed E-state index contributed by atoms with van der Waals surface area (Å²) in [5.41, 5.74) is 4.32. The Labute approximate surface area is 235 Å². The molecule has 0 bridgehead atoms. The number of aryl methyl sites for hydroxylation is 1. The second kappa shape index (κ2) is 12.4. The molecule has 0 saturated heterocycles. The number of pyridine rings is 1. The van der Waals surface area contributed by atoms with E-state index < -0.39 is 35.6 Å². The Balaban J connectivity index is 1.88. The molecule has 1 aromatic heterocycles. The number of ether oxygens (including phenoxy) is 3. The predicted molar refractivity (Wildman–Crippen MR) is 151 cm³/mol. The molecule has 2 aliphatic rings. The highest BCUT2D eigenvalue weighted by Gasteiger charge is 2.49. The second-order valence-electron chi connectivity index (χ2n) is 10.3. The summed E-state index contributed by atoms with van der Waals surface area (Å²) < 4.78 is 16.5. The van der Waals surface area contributed by atoms with Crippen LogP contribution in [0.3, 0.4) is 0 Å². The van der Waals surface area contributed by atoms with Crippen LogP contribution in [0.25, 0.3) is 0 Å². The van der Waals surface area contributed by atoms with E-state index in [0.717, 1.165) is 36.1 Å². The number of nitrogens with zero attached hydrogens (tertiary/aromatic N) is 1. The Morgan fingerprint density at radius 2 is 1.95 bits per heavy atom. The number of fused-ring (bicyclic) bond motifs is 2. The number of allylic oxidation sites excluding steroid dienone is 4. The number of carboxylic acid groups (broad SMARTS) is 2. The molecule has 0 spiro atoms. The van der Waals surface area contributed by atoms with Crippen LogP contribution in [-0.2, 0) is 20.7 Å². The molecule has 0 radical (unpaired) electrons. The van der Waals surface area contributed by atoms with E-state index in [4.69, 9.17) is 19.2 Å². The minimum Gasteiger partial charge on any atom is -0.497 e. The molecule has 2 aromatic rings. The molecule has 8 nitrogen and oxygen atoms in total. The molecule has 0 amide bonds. The van der Waals surface area contributed by atoms with Crippen LogP contribution in [0.5, 0.6) is 11.5 Å². The van der Waals surface area contributed by atoms with Gasteiger partial charge in [0.05, 0.1) is 24.6 Å². The molecule has 1 aromatic carbocycles. The number of aliphatic carboxylic acids is 2. The van der Waals surface area contributed by atoms with Crippen LogP contribution >= 0.6 is 0 Å². The van der Waals surface area contributed by atoms with Crippen molar-refractivity contribution in [1.29, 1.82) is 0 Å². The number of hydrogen-bond acceptors (Lipinski definition) is 6. The minimum atomic E-state index is -0.981. The highest BCUT2D eigenvalue weighted by molar-refractivity contribution is 5.78. The molecule has 4 atom stereocenters. The maximum atomic E-state index is 13.1. The number of carboxylic acids is 2. The average molecular weight is 548 g/mol. The molecule has 2 N–H and O–H groups in total. The summed E-state index contributed by atoms with van der Waals surface area (Å²) >= 11 is 0. The van der Waals surface area contributed by atoms with E-state index >= 15 is 0 Å².